The average Bonchev–Trinajstić information content (AvgIpc) is 3.24. The van der Waals surface area contributed by atoms with E-state index < -0.39 is 17.5 Å². The maximum absolute atomic E-state index is 13.4. The Morgan fingerprint density at radius 2 is 1.96 bits per heavy atom. The Morgan fingerprint density at radius 3 is 2.84 bits per heavy atom. The Hall–Kier alpha value is -3.35. The Balaban J connectivity index is 1.48. The van der Waals surface area contributed by atoms with E-state index in [4.69, 9.17) is 9.47 Å². The molecule has 2 heterocycles. The van der Waals surface area contributed by atoms with Crippen LogP contribution >= 0.6 is 0 Å². The van der Waals surface area contributed by atoms with Crippen molar-refractivity contribution in [2.45, 2.75) is 6.54 Å². The number of ether oxygens (including phenoxy) is 2. The minimum absolute atomic E-state index is 0.137. The van der Waals surface area contributed by atoms with Crippen LogP contribution in [-0.4, -0.2) is 23.5 Å². The SMILES string of the molecule is O=C(NCc1ccc2c(c1)OCO2)C(=O)c1c[nH]c2ccc(F)cc12. The number of amides is 1. The van der Waals surface area contributed by atoms with Crippen LogP contribution in [0.4, 0.5) is 4.39 Å². The minimum atomic E-state index is -0.761. The highest BCUT2D eigenvalue weighted by Gasteiger charge is 2.20. The van der Waals surface area contributed by atoms with Gasteiger partial charge in [-0.05, 0) is 35.9 Å². The Labute approximate surface area is 141 Å². The van der Waals surface area contributed by atoms with Crippen LogP contribution in [-0.2, 0) is 11.3 Å². The summed E-state index contributed by atoms with van der Waals surface area (Å²) in [5.41, 5.74) is 1.50. The fourth-order valence-corrected chi connectivity index (χ4v) is 2.72. The van der Waals surface area contributed by atoms with E-state index in [0.717, 1.165) is 5.56 Å². The molecule has 2 aromatic carbocycles. The monoisotopic (exact) mass is 340 g/mol. The van der Waals surface area contributed by atoms with Crippen LogP contribution in [0.15, 0.2) is 42.6 Å². The molecule has 0 saturated carbocycles. The number of fused-ring (bicyclic) bond motifs is 2. The number of ketones is 1. The molecule has 1 aromatic heterocycles. The molecule has 4 rings (SSSR count). The van der Waals surface area contributed by atoms with Crippen molar-refractivity contribution in [1.29, 1.82) is 0 Å². The first-order valence-electron chi connectivity index (χ1n) is 7.59. The van der Waals surface area contributed by atoms with Gasteiger partial charge in [-0.2, -0.15) is 0 Å². The lowest BCUT2D eigenvalue weighted by Crippen LogP contribution is -2.30. The highest BCUT2D eigenvalue weighted by molar-refractivity contribution is 6.44. The van der Waals surface area contributed by atoms with E-state index in [9.17, 15) is 14.0 Å². The van der Waals surface area contributed by atoms with Crippen LogP contribution in [0.2, 0.25) is 0 Å². The van der Waals surface area contributed by atoms with Gasteiger partial charge in [0.25, 0.3) is 11.7 Å². The van der Waals surface area contributed by atoms with E-state index in [1.54, 1.807) is 18.2 Å². The maximum Gasteiger partial charge on any atom is 0.292 e. The smallest absolute Gasteiger partial charge is 0.292 e. The zero-order valence-electron chi connectivity index (χ0n) is 13.0. The first-order chi connectivity index (χ1) is 12.1. The lowest BCUT2D eigenvalue weighted by Gasteiger charge is -2.05. The predicted molar refractivity (Wildman–Crippen MR) is 87.0 cm³/mol. The third kappa shape index (κ3) is 2.80. The maximum atomic E-state index is 13.4. The second-order valence-electron chi connectivity index (χ2n) is 5.59. The molecule has 0 saturated heterocycles. The van der Waals surface area contributed by atoms with Gasteiger partial charge in [0.15, 0.2) is 11.5 Å². The highest BCUT2D eigenvalue weighted by Crippen LogP contribution is 2.32. The van der Waals surface area contributed by atoms with Gasteiger partial charge in [-0.15, -0.1) is 0 Å². The summed E-state index contributed by atoms with van der Waals surface area (Å²) in [6.45, 7) is 0.332. The second kappa shape index (κ2) is 5.94. The third-order valence-corrected chi connectivity index (χ3v) is 3.98. The summed E-state index contributed by atoms with van der Waals surface area (Å²) in [5.74, 6) is -0.709. The molecule has 0 spiro atoms. The van der Waals surface area contributed by atoms with Crippen LogP contribution in [0.1, 0.15) is 15.9 Å². The van der Waals surface area contributed by atoms with Crippen molar-refractivity contribution < 1.29 is 23.5 Å². The number of aromatic amines is 1. The van der Waals surface area contributed by atoms with Crippen molar-refractivity contribution in [3.8, 4) is 11.5 Å². The standard InChI is InChI=1S/C18H13FN2O4/c19-11-2-3-14-12(6-11)13(8-20-14)17(22)18(23)21-7-10-1-4-15-16(5-10)25-9-24-15/h1-6,8,20H,7,9H2,(H,21,23). The van der Waals surface area contributed by atoms with Gasteiger partial charge in [-0.1, -0.05) is 6.07 Å². The molecule has 3 aromatic rings. The summed E-state index contributed by atoms with van der Waals surface area (Å²) in [7, 11) is 0. The van der Waals surface area contributed by atoms with E-state index >= 15 is 0 Å². The van der Waals surface area contributed by atoms with Crippen LogP contribution in [0.3, 0.4) is 0 Å². The number of hydrogen-bond donors (Lipinski definition) is 2. The molecule has 2 N–H and O–H groups in total. The second-order valence-corrected chi connectivity index (χ2v) is 5.59. The molecule has 6 nitrogen and oxygen atoms in total. The van der Waals surface area contributed by atoms with E-state index in [2.05, 4.69) is 10.3 Å². The van der Waals surface area contributed by atoms with Crippen LogP contribution in [0, 0.1) is 5.82 Å². The molecule has 0 aliphatic carbocycles. The van der Waals surface area contributed by atoms with Crippen LogP contribution in [0.25, 0.3) is 10.9 Å². The van der Waals surface area contributed by atoms with Gasteiger partial charge in [-0.25, -0.2) is 4.39 Å². The van der Waals surface area contributed by atoms with E-state index in [0.29, 0.717) is 22.4 Å². The summed E-state index contributed by atoms with van der Waals surface area (Å²) >= 11 is 0. The molecule has 1 amide bonds. The fourth-order valence-electron chi connectivity index (χ4n) is 2.72. The van der Waals surface area contributed by atoms with E-state index in [1.165, 1.54) is 24.4 Å². The minimum Gasteiger partial charge on any atom is -0.454 e. The number of nitrogens with one attached hydrogen (secondary N) is 2. The van der Waals surface area contributed by atoms with E-state index in [-0.39, 0.29) is 18.9 Å². The lowest BCUT2D eigenvalue weighted by molar-refractivity contribution is -0.117. The zero-order chi connectivity index (χ0) is 17.4. The number of benzene rings is 2. The van der Waals surface area contributed by atoms with Gasteiger partial charge in [0, 0.05) is 23.6 Å². The molecular weight excluding hydrogens is 327 g/mol. The van der Waals surface area contributed by atoms with Crippen molar-refractivity contribution in [1.82, 2.24) is 10.3 Å². The molecule has 0 radical (unpaired) electrons. The number of carbonyl (C=O) groups is 2. The summed E-state index contributed by atoms with van der Waals surface area (Å²) in [6.07, 6.45) is 1.41. The lowest BCUT2D eigenvalue weighted by atomic mass is 10.1. The molecule has 0 unspecified atom stereocenters. The molecule has 0 bridgehead atoms. The molecule has 1 aliphatic rings. The van der Waals surface area contributed by atoms with Crippen molar-refractivity contribution >= 4 is 22.6 Å². The van der Waals surface area contributed by atoms with Crippen molar-refractivity contribution in [3.05, 3.63) is 59.5 Å². The summed E-state index contributed by atoms with van der Waals surface area (Å²) in [5, 5.41) is 2.94. The fraction of sp³-hybridized carbons (Fsp3) is 0.111. The van der Waals surface area contributed by atoms with Crippen molar-refractivity contribution in [2.75, 3.05) is 6.79 Å². The molecular formula is C18H13FN2O4. The number of rotatable bonds is 4. The van der Waals surface area contributed by atoms with Gasteiger partial charge in [-0.3, -0.25) is 9.59 Å². The number of hydrogen-bond acceptors (Lipinski definition) is 4. The number of Topliss-reactive ketones (excluding diaryl/α,β-unsaturated/α-hetero) is 1. The molecule has 7 heteroatoms. The highest BCUT2D eigenvalue weighted by atomic mass is 19.1. The van der Waals surface area contributed by atoms with Crippen molar-refractivity contribution in [2.24, 2.45) is 0 Å². The van der Waals surface area contributed by atoms with Crippen LogP contribution < -0.4 is 14.8 Å². The summed E-state index contributed by atoms with van der Waals surface area (Å²) in [6, 6.07) is 9.30. The Bertz CT molecular complexity index is 996. The van der Waals surface area contributed by atoms with Gasteiger partial charge in [0.1, 0.15) is 5.82 Å². The van der Waals surface area contributed by atoms with Gasteiger partial charge in [0.05, 0.1) is 5.56 Å². The molecule has 1 aliphatic heterocycles. The zero-order valence-corrected chi connectivity index (χ0v) is 13.0. The number of halogens is 1. The quantitative estimate of drug-likeness (QED) is 0.565. The number of aromatic nitrogens is 1. The number of H-pyrrole nitrogens is 1. The topological polar surface area (TPSA) is 80.4 Å². The normalized spacial score (nSPS) is 12.4. The van der Waals surface area contributed by atoms with Gasteiger partial charge in [0.2, 0.25) is 6.79 Å². The van der Waals surface area contributed by atoms with Crippen molar-refractivity contribution in [3.63, 3.8) is 0 Å². The first kappa shape index (κ1) is 15.2. The molecule has 126 valence electrons. The molecule has 0 atom stereocenters. The Morgan fingerprint density at radius 1 is 1.12 bits per heavy atom. The molecule has 25 heavy (non-hydrogen) atoms. The first-order valence-corrected chi connectivity index (χ1v) is 7.59. The molecule has 0 fully saturated rings. The van der Waals surface area contributed by atoms with Gasteiger partial charge < -0.3 is 19.8 Å². The average molecular weight is 340 g/mol. The number of carbonyl (C=O) groups excluding carboxylic acids is 2. The summed E-state index contributed by atoms with van der Waals surface area (Å²) in [4.78, 5) is 27.3. The summed E-state index contributed by atoms with van der Waals surface area (Å²) < 4.78 is 23.9. The van der Waals surface area contributed by atoms with E-state index in [1.807, 2.05) is 0 Å². The largest absolute Gasteiger partial charge is 0.454 e. The van der Waals surface area contributed by atoms with Crippen LogP contribution in [0.5, 0.6) is 11.5 Å². The van der Waals surface area contributed by atoms with Gasteiger partial charge >= 0.3 is 0 Å². The third-order valence-electron chi connectivity index (χ3n) is 3.98. The Kier molecular flexibility index (Phi) is 3.61. The predicted octanol–water partition coefficient (Wildman–Crippen LogP) is 2.53.